The van der Waals surface area contributed by atoms with E-state index >= 15 is 0 Å². The lowest BCUT2D eigenvalue weighted by Crippen LogP contribution is -2.47. The number of hydrogen-bond donors (Lipinski definition) is 1. The maximum Gasteiger partial charge on any atom is 0.318 e. The zero-order valence-corrected chi connectivity index (χ0v) is 12.8. The highest BCUT2D eigenvalue weighted by Gasteiger charge is 2.41. The number of benzene rings is 1. The molecule has 2 fully saturated rings. The molecule has 2 aliphatic rings. The van der Waals surface area contributed by atoms with Crippen molar-refractivity contribution in [1.82, 2.24) is 10.2 Å². The molecule has 0 heterocycles. The van der Waals surface area contributed by atoms with Crippen molar-refractivity contribution in [3.05, 3.63) is 29.8 Å². The molecule has 0 aliphatic heterocycles. The molecule has 1 atom stereocenters. The lowest BCUT2D eigenvalue weighted by molar-refractivity contribution is 0.166. The number of nitrogens with one attached hydrogen (secondary N) is 1. The molecule has 0 unspecified atom stereocenters. The summed E-state index contributed by atoms with van der Waals surface area (Å²) in [6.45, 7) is 2.71. The number of ether oxygens (including phenoxy) is 1. The first-order valence-electron chi connectivity index (χ1n) is 7.88. The van der Waals surface area contributed by atoms with Crippen molar-refractivity contribution in [2.24, 2.45) is 5.92 Å². The third kappa shape index (κ3) is 3.31. The standard InChI is InChI=1S/C17H24N2O2/c1-12(13-7-8-13)19(15-9-10-15)17(20)18-11-14-5-3-4-6-16(14)21-2/h3-6,12-13,15H,7-11H2,1-2H3,(H,18,20)/t12-/m1/s1. The van der Waals surface area contributed by atoms with Crippen LogP contribution in [0.15, 0.2) is 24.3 Å². The fourth-order valence-corrected chi connectivity index (χ4v) is 2.95. The highest BCUT2D eigenvalue weighted by molar-refractivity contribution is 5.75. The molecular weight excluding hydrogens is 264 g/mol. The van der Waals surface area contributed by atoms with Gasteiger partial charge in [-0.15, -0.1) is 0 Å². The van der Waals surface area contributed by atoms with Crippen molar-refractivity contribution in [2.45, 2.75) is 51.2 Å². The van der Waals surface area contributed by atoms with Crippen LogP contribution in [-0.2, 0) is 6.54 Å². The van der Waals surface area contributed by atoms with Crippen molar-refractivity contribution >= 4 is 6.03 Å². The van der Waals surface area contributed by atoms with Gasteiger partial charge in [0.1, 0.15) is 5.75 Å². The molecule has 2 aliphatic carbocycles. The topological polar surface area (TPSA) is 41.6 Å². The number of amides is 2. The first kappa shape index (κ1) is 14.2. The number of para-hydroxylation sites is 1. The van der Waals surface area contributed by atoms with E-state index in [9.17, 15) is 4.79 Å². The molecule has 0 saturated heterocycles. The fraction of sp³-hybridized carbons (Fsp3) is 0.588. The van der Waals surface area contributed by atoms with E-state index in [0.717, 1.165) is 24.2 Å². The van der Waals surface area contributed by atoms with E-state index < -0.39 is 0 Å². The summed E-state index contributed by atoms with van der Waals surface area (Å²) in [6.07, 6.45) is 4.84. The van der Waals surface area contributed by atoms with Crippen LogP contribution in [0, 0.1) is 5.92 Å². The van der Waals surface area contributed by atoms with Crippen LogP contribution in [0.2, 0.25) is 0 Å². The van der Waals surface area contributed by atoms with Crippen LogP contribution >= 0.6 is 0 Å². The molecule has 0 bridgehead atoms. The molecule has 114 valence electrons. The molecule has 2 amide bonds. The first-order valence-corrected chi connectivity index (χ1v) is 7.88. The van der Waals surface area contributed by atoms with E-state index in [4.69, 9.17) is 4.74 Å². The molecule has 4 heteroatoms. The second-order valence-electron chi connectivity index (χ2n) is 6.19. The Bertz CT molecular complexity index is 509. The zero-order chi connectivity index (χ0) is 14.8. The van der Waals surface area contributed by atoms with Gasteiger partial charge in [-0.2, -0.15) is 0 Å². The van der Waals surface area contributed by atoms with Crippen molar-refractivity contribution in [3.63, 3.8) is 0 Å². The molecule has 2 saturated carbocycles. The van der Waals surface area contributed by atoms with Crippen LogP contribution in [0.25, 0.3) is 0 Å². The predicted octanol–water partition coefficient (Wildman–Crippen LogP) is 3.17. The number of nitrogens with zero attached hydrogens (tertiary/aromatic N) is 1. The summed E-state index contributed by atoms with van der Waals surface area (Å²) in [7, 11) is 1.66. The molecule has 0 spiro atoms. The van der Waals surface area contributed by atoms with E-state index in [0.29, 0.717) is 24.5 Å². The Morgan fingerprint density at radius 2 is 2.05 bits per heavy atom. The largest absolute Gasteiger partial charge is 0.496 e. The van der Waals surface area contributed by atoms with Gasteiger partial charge in [0.15, 0.2) is 0 Å². The van der Waals surface area contributed by atoms with Gasteiger partial charge in [0.25, 0.3) is 0 Å². The average molecular weight is 288 g/mol. The number of carbonyl (C=O) groups is 1. The Kier molecular flexibility index (Phi) is 4.04. The Labute approximate surface area is 126 Å². The summed E-state index contributed by atoms with van der Waals surface area (Å²) >= 11 is 0. The normalized spacial score (nSPS) is 19.0. The number of rotatable bonds is 6. The molecule has 0 radical (unpaired) electrons. The van der Waals surface area contributed by atoms with Gasteiger partial charge >= 0.3 is 6.03 Å². The SMILES string of the molecule is COc1ccccc1CNC(=O)N(C1CC1)[C@H](C)C1CC1. The maximum absolute atomic E-state index is 12.5. The van der Waals surface area contributed by atoms with Crippen LogP contribution in [-0.4, -0.2) is 30.1 Å². The van der Waals surface area contributed by atoms with Crippen LogP contribution in [0.4, 0.5) is 4.79 Å². The zero-order valence-electron chi connectivity index (χ0n) is 12.8. The monoisotopic (exact) mass is 288 g/mol. The predicted molar refractivity (Wildman–Crippen MR) is 82.3 cm³/mol. The minimum Gasteiger partial charge on any atom is -0.496 e. The lowest BCUT2D eigenvalue weighted by atomic mass is 10.2. The minimum atomic E-state index is 0.0720. The van der Waals surface area contributed by atoms with Gasteiger partial charge in [-0.25, -0.2) is 4.79 Å². The van der Waals surface area contributed by atoms with Gasteiger partial charge < -0.3 is 15.0 Å². The van der Waals surface area contributed by atoms with Gasteiger partial charge in [-0.05, 0) is 44.6 Å². The van der Waals surface area contributed by atoms with Crippen molar-refractivity contribution in [2.75, 3.05) is 7.11 Å². The van der Waals surface area contributed by atoms with Gasteiger partial charge in [-0.3, -0.25) is 0 Å². The van der Waals surface area contributed by atoms with Crippen molar-refractivity contribution < 1.29 is 9.53 Å². The molecular formula is C17H24N2O2. The molecule has 3 rings (SSSR count). The molecule has 1 N–H and O–H groups in total. The molecule has 21 heavy (non-hydrogen) atoms. The van der Waals surface area contributed by atoms with Crippen molar-refractivity contribution in [1.29, 1.82) is 0 Å². The highest BCUT2D eigenvalue weighted by Crippen LogP contribution is 2.39. The van der Waals surface area contributed by atoms with E-state index in [2.05, 4.69) is 17.1 Å². The van der Waals surface area contributed by atoms with Crippen LogP contribution in [0.3, 0.4) is 0 Å². The average Bonchev–Trinajstić information content (AvgIpc) is 3.38. The second-order valence-corrected chi connectivity index (χ2v) is 6.19. The fourth-order valence-electron chi connectivity index (χ4n) is 2.95. The molecule has 0 aromatic heterocycles. The lowest BCUT2D eigenvalue weighted by Gasteiger charge is -2.29. The Morgan fingerprint density at radius 3 is 2.67 bits per heavy atom. The number of methoxy groups -OCH3 is 1. The second kappa shape index (κ2) is 5.96. The van der Waals surface area contributed by atoms with E-state index in [1.807, 2.05) is 24.3 Å². The van der Waals surface area contributed by atoms with Gasteiger partial charge in [0.2, 0.25) is 0 Å². The third-order valence-electron chi connectivity index (χ3n) is 4.54. The van der Waals surface area contributed by atoms with Crippen LogP contribution < -0.4 is 10.1 Å². The number of hydrogen-bond acceptors (Lipinski definition) is 2. The van der Waals surface area contributed by atoms with E-state index in [-0.39, 0.29) is 6.03 Å². The smallest absolute Gasteiger partial charge is 0.318 e. The van der Waals surface area contributed by atoms with Crippen LogP contribution in [0.1, 0.15) is 38.2 Å². The summed E-state index contributed by atoms with van der Waals surface area (Å²) < 4.78 is 5.33. The number of urea groups is 1. The highest BCUT2D eigenvalue weighted by atomic mass is 16.5. The Balaban J connectivity index is 1.61. The maximum atomic E-state index is 12.5. The van der Waals surface area contributed by atoms with E-state index in [1.165, 1.54) is 12.8 Å². The van der Waals surface area contributed by atoms with Gasteiger partial charge in [0, 0.05) is 24.2 Å². The Hall–Kier alpha value is -1.71. The summed E-state index contributed by atoms with van der Waals surface area (Å²) in [5.74, 6) is 1.54. The minimum absolute atomic E-state index is 0.0720. The quantitative estimate of drug-likeness (QED) is 0.873. The summed E-state index contributed by atoms with van der Waals surface area (Å²) in [6, 6.07) is 8.72. The molecule has 1 aromatic carbocycles. The molecule has 1 aromatic rings. The van der Waals surface area contributed by atoms with Crippen LogP contribution in [0.5, 0.6) is 5.75 Å². The van der Waals surface area contributed by atoms with Gasteiger partial charge in [-0.1, -0.05) is 18.2 Å². The summed E-state index contributed by atoms with van der Waals surface area (Å²) in [5, 5.41) is 3.07. The van der Waals surface area contributed by atoms with Gasteiger partial charge in [0.05, 0.1) is 7.11 Å². The van der Waals surface area contributed by atoms with E-state index in [1.54, 1.807) is 7.11 Å². The third-order valence-corrected chi connectivity index (χ3v) is 4.54. The summed E-state index contributed by atoms with van der Waals surface area (Å²) in [5.41, 5.74) is 1.02. The van der Waals surface area contributed by atoms with Crippen molar-refractivity contribution in [3.8, 4) is 5.75 Å². The summed E-state index contributed by atoms with van der Waals surface area (Å²) in [4.78, 5) is 14.6. The Morgan fingerprint density at radius 1 is 1.33 bits per heavy atom. The number of carbonyl (C=O) groups excluding carboxylic acids is 1. The molecule has 4 nitrogen and oxygen atoms in total. The first-order chi connectivity index (χ1) is 10.2.